The Balaban J connectivity index is 1.57. The highest BCUT2D eigenvalue weighted by Crippen LogP contribution is 2.29. The first kappa shape index (κ1) is 15.4. The van der Waals surface area contributed by atoms with Crippen LogP contribution in [0.3, 0.4) is 0 Å². The molecule has 2 aromatic rings. The van der Waals surface area contributed by atoms with E-state index >= 15 is 0 Å². The van der Waals surface area contributed by atoms with E-state index in [4.69, 9.17) is 11.6 Å². The lowest BCUT2D eigenvalue weighted by Crippen LogP contribution is -2.32. The Morgan fingerprint density at radius 3 is 2.77 bits per heavy atom. The highest BCUT2D eigenvalue weighted by Gasteiger charge is 2.21. The van der Waals surface area contributed by atoms with Crippen molar-refractivity contribution >= 4 is 29.3 Å². The van der Waals surface area contributed by atoms with Crippen LogP contribution in [-0.4, -0.2) is 11.7 Å². The van der Waals surface area contributed by atoms with Crippen LogP contribution in [0.2, 0.25) is 5.02 Å². The van der Waals surface area contributed by atoms with E-state index in [0.717, 1.165) is 24.2 Å². The van der Waals surface area contributed by atoms with Crippen molar-refractivity contribution in [3.05, 3.63) is 64.7 Å². The molecule has 22 heavy (non-hydrogen) atoms. The second kappa shape index (κ2) is 7.21. The maximum Gasteiger partial charge on any atom is 0.230 e. The van der Waals surface area contributed by atoms with E-state index in [2.05, 4.69) is 23.5 Å². The van der Waals surface area contributed by atoms with Gasteiger partial charge in [0, 0.05) is 9.92 Å². The number of hydrogen-bond acceptors (Lipinski definition) is 2. The van der Waals surface area contributed by atoms with Gasteiger partial charge in [0.1, 0.15) is 0 Å². The molecular formula is C18H18ClNOS. The number of carbonyl (C=O) groups excluding carboxylic acids is 1. The largest absolute Gasteiger partial charge is 0.349 e. The molecule has 1 N–H and O–H groups in total. The molecule has 4 heteroatoms. The van der Waals surface area contributed by atoms with Gasteiger partial charge in [-0.15, -0.1) is 11.8 Å². The third-order valence-corrected chi connectivity index (χ3v) is 5.15. The lowest BCUT2D eigenvalue weighted by Gasteiger charge is -2.26. The molecule has 0 aliphatic heterocycles. The summed E-state index contributed by atoms with van der Waals surface area (Å²) in [7, 11) is 0. The molecule has 2 nitrogen and oxygen atoms in total. The number of hydrogen-bond donors (Lipinski definition) is 1. The molecule has 1 aliphatic carbocycles. The molecule has 0 radical (unpaired) electrons. The molecule has 2 aromatic carbocycles. The molecule has 0 unspecified atom stereocenters. The quantitative estimate of drug-likeness (QED) is 0.828. The van der Waals surface area contributed by atoms with Gasteiger partial charge < -0.3 is 5.32 Å². The number of thioether (sulfide) groups is 1. The number of rotatable bonds is 4. The molecule has 0 fully saturated rings. The van der Waals surface area contributed by atoms with Crippen LogP contribution in [0.5, 0.6) is 0 Å². The molecule has 0 heterocycles. The summed E-state index contributed by atoms with van der Waals surface area (Å²) in [5.41, 5.74) is 2.64. The Morgan fingerprint density at radius 2 is 1.95 bits per heavy atom. The summed E-state index contributed by atoms with van der Waals surface area (Å²) in [4.78, 5) is 13.3. The molecule has 1 aliphatic rings. The summed E-state index contributed by atoms with van der Waals surface area (Å²) in [5.74, 6) is 0.516. The van der Waals surface area contributed by atoms with Crippen molar-refractivity contribution in [1.82, 2.24) is 5.32 Å². The van der Waals surface area contributed by atoms with E-state index in [1.807, 2.05) is 30.3 Å². The second-order valence-corrected chi connectivity index (χ2v) is 6.94. The number of aryl methyl sites for hydroxylation is 1. The van der Waals surface area contributed by atoms with Crippen LogP contribution >= 0.6 is 23.4 Å². The van der Waals surface area contributed by atoms with Crippen molar-refractivity contribution in [1.29, 1.82) is 0 Å². The molecule has 1 atom stereocenters. The van der Waals surface area contributed by atoms with Crippen molar-refractivity contribution in [2.75, 3.05) is 5.75 Å². The van der Waals surface area contributed by atoms with Crippen LogP contribution in [0, 0.1) is 0 Å². The Morgan fingerprint density at radius 1 is 1.18 bits per heavy atom. The third kappa shape index (κ3) is 3.84. The van der Waals surface area contributed by atoms with E-state index in [0.29, 0.717) is 10.8 Å². The molecule has 0 bridgehead atoms. The van der Waals surface area contributed by atoms with E-state index in [9.17, 15) is 4.79 Å². The van der Waals surface area contributed by atoms with Gasteiger partial charge in [-0.25, -0.2) is 0 Å². The first-order valence-corrected chi connectivity index (χ1v) is 8.84. The zero-order chi connectivity index (χ0) is 15.4. The molecule has 3 rings (SSSR count). The standard InChI is InChI=1S/C18H18ClNOS/c19-14-8-10-15(11-9-14)22-12-18(21)20-17-7-3-5-13-4-1-2-6-16(13)17/h1-2,4,6,8-11,17H,3,5,7,12H2,(H,20,21)/t17-/m0/s1. The van der Waals surface area contributed by atoms with Gasteiger partial charge in [0.25, 0.3) is 0 Å². The summed E-state index contributed by atoms with van der Waals surface area (Å²) in [6.07, 6.45) is 3.27. The molecule has 0 aromatic heterocycles. The van der Waals surface area contributed by atoms with Crippen molar-refractivity contribution in [3.63, 3.8) is 0 Å². The molecule has 0 saturated carbocycles. The highest BCUT2D eigenvalue weighted by molar-refractivity contribution is 8.00. The Bertz CT molecular complexity index is 656. The fourth-order valence-electron chi connectivity index (χ4n) is 2.82. The number of amides is 1. The molecule has 0 spiro atoms. The van der Waals surface area contributed by atoms with Gasteiger partial charge in [-0.3, -0.25) is 4.79 Å². The van der Waals surface area contributed by atoms with Gasteiger partial charge >= 0.3 is 0 Å². The van der Waals surface area contributed by atoms with Gasteiger partial charge in [0.2, 0.25) is 5.91 Å². The minimum atomic E-state index is 0.0849. The lowest BCUT2D eigenvalue weighted by atomic mass is 9.88. The highest BCUT2D eigenvalue weighted by atomic mass is 35.5. The molecule has 114 valence electrons. The van der Waals surface area contributed by atoms with Gasteiger partial charge in [0.05, 0.1) is 11.8 Å². The second-order valence-electron chi connectivity index (χ2n) is 5.45. The normalized spacial score (nSPS) is 16.9. The lowest BCUT2D eigenvalue weighted by molar-refractivity contribution is -0.119. The van der Waals surface area contributed by atoms with Crippen molar-refractivity contribution < 1.29 is 4.79 Å². The Kier molecular flexibility index (Phi) is 5.06. The fourth-order valence-corrected chi connectivity index (χ4v) is 3.66. The summed E-state index contributed by atoms with van der Waals surface area (Å²) in [5, 5.41) is 3.89. The van der Waals surface area contributed by atoms with E-state index in [-0.39, 0.29) is 11.9 Å². The van der Waals surface area contributed by atoms with Crippen LogP contribution < -0.4 is 5.32 Å². The number of fused-ring (bicyclic) bond motifs is 1. The number of carbonyl (C=O) groups is 1. The Labute approximate surface area is 140 Å². The van der Waals surface area contributed by atoms with E-state index < -0.39 is 0 Å². The Hall–Kier alpha value is -1.45. The number of halogens is 1. The van der Waals surface area contributed by atoms with Crippen LogP contribution in [0.4, 0.5) is 0 Å². The molecule has 1 amide bonds. The third-order valence-electron chi connectivity index (χ3n) is 3.89. The number of nitrogens with one attached hydrogen (secondary N) is 1. The number of benzene rings is 2. The van der Waals surface area contributed by atoms with Crippen LogP contribution in [0.1, 0.15) is 30.0 Å². The van der Waals surface area contributed by atoms with Crippen LogP contribution in [0.15, 0.2) is 53.4 Å². The van der Waals surface area contributed by atoms with Crippen LogP contribution in [-0.2, 0) is 11.2 Å². The van der Waals surface area contributed by atoms with Crippen molar-refractivity contribution in [2.45, 2.75) is 30.2 Å². The summed E-state index contributed by atoms with van der Waals surface area (Å²) in [6, 6.07) is 16.1. The SMILES string of the molecule is O=C(CSc1ccc(Cl)cc1)N[C@H]1CCCc2ccccc21. The average Bonchev–Trinajstić information content (AvgIpc) is 2.55. The minimum Gasteiger partial charge on any atom is -0.349 e. The summed E-state index contributed by atoms with van der Waals surface area (Å²) in [6.45, 7) is 0. The minimum absolute atomic E-state index is 0.0849. The maximum absolute atomic E-state index is 12.2. The maximum atomic E-state index is 12.2. The van der Waals surface area contributed by atoms with Gasteiger partial charge in [-0.1, -0.05) is 35.9 Å². The fraction of sp³-hybridized carbons (Fsp3) is 0.278. The topological polar surface area (TPSA) is 29.1 Å². The van der Waals surface area contributed by atoms with Gasteiger partial charge in [-0.2, -0.15) is 0 Å². The monoisotopic (exact) mass is 331 g/mol. The first-order valence-electron chi connectivity index (χ1n) is 7.48. The zero-order valence-electron chi connectivity index (χ0n) is 12.2. The van der Waals surface area contributed by atoms with Crippen LogP contribution in [0.25, 0.3) is 0 Å². The molecular weight excluding hydrogens is 314 g/mol. The first-order chi connectivity index (χ1) is 10.7. The van der Waals surface area contributed by atoms with Crippen molar-refractivity contribution in [2.24, 2.45) is 0 Å². The summed E-state index contributed by atoms with van der Waals surface area (Å²) < 4.78 is 0. The van der Waals surface area contributed by atoms with Gasteiger partial charge in [0.15, 0.2) is 0 Å². The summed E-state index contributed by atoms with van der Waals surface area (Å²) >= 11 is 7.40. The van der Waals surface area contributed by atoms with Crippen molar-refractivity contribution in [3.8, 4) is 0 Å². The predicted molar refractivity (Wildman–Crippen MR) is 92.4 cm³/mol. The van der Waals surface area contributed by atoms with E-state index in [1.165, 1.54) is 22.9 Å². The average molecular weight is 332 g/mol. The molecule has 0 saturated heterocycles. The van der Waals surface area contributed by atoms with Gasteiger partial charge in [-0.05, 0) is 54.7 Å². The smallest absolute Gasteiger partial charge is 0.230 e. The predicted octanol–water partition coefficient (Wildman–Crippen LogP) is 4.63. The van der Waals surface area contributed by atoms with E-state index in [1.54, 1.807) is 0 Å². The zero-order valence-corrected chi connectivity index (χ0v) is 13.8.